The van der Waals surface area contributed by atoms with Gasteiger partial charge in [-0.3, -0.25) is 20.2 Å². The fourth-order valence-electron chi connectivity index (χ4n) is 2.37. The Morgan fingerprint density at radius 1 is 1.03 bits per heavy atom. The predicted molar refractivity (Wildman–Crippen MR) is 110 cm³/mol. The maximum Gasteiger partial charge on any atom is 0.355 e. The SMILES string of the molecule is CCOC(=O)c1cc([N+](=O)[O-])c[nH]1.CCOC(=O)c1cc([N+](=O)[O-])cn1CCC(C)C. The van der Waals surface area contributed by atoms with Gasteiger partial charge in [-0.25, -0.2) is 9.59 Å². The molecule has 0 spiro atoms. The van der Waals surface area contributed by atoms with Crippen LogP contribution in [0.25, 0.3) is 0 Å². The van der Waals surface area contributed by atoms with Crippen molar-refractivity contribution in [3.63, 3.8) is 0 Å². The highest BCUT2D eigenvalue weighted by molar-refractivity contribution is 5.89. The smallest absolute Gasteiger partial charge is 0.355 e. The summed E-state index contributed by atoms with van der Waals surface area (Å²) in [4.78, 5) is 45.0. The number of carbonyl (C=O) groups excluding carboxylic acids is 2. The molecule has 0 fully saturated rings. The molecule has 0 aromatic carbocycles. The Labute approximate surface area is 178 Å². The lowest BCUT2D eigenvalue weighted by Gasteiger charge is -2.09. The van der Waals surface area contributed by atoms with Crippen LogP contribution in [0.2, 0.25) is 0 Å². The molecule has 0 unspecified atom stereocenters. The molecule has 0 amide bonds. The second-order valence-electron chi connectivity index (χ2n) is 6.69. The van der Waals surface area contributed by atoms with Gasteiger partial charge in [0.15, 0.2) is 0 Å². The van der Waals surface area contributed by atoms with E-state index in [0.29, 0.717) is 12.5 Å². The maximum atomic E-state index is 11.7. The first-order chi connectivity index (χ1) is 14.6. The fraction of sp³-hybridized carbons (Fsp3) is 0.474. The van der Waals surface area contributed by atoms with E-state index < -0.39 is 21.8 Å². The maximum absolute atomic E-state index is 11.7. The third kappa shape index (κ3) is 7.91. The van der Waals surface area contributed by atoms with Gasteiger partial charge in [-0.05, 0) is 26.2 Å². The van der Waals surface area contributed by atoms with Gasteiger partial charge in [0.25, 0.3) is 11.4 Å². The molecule has 0 aliphatic carbocycles. The molecule has 2 heterocycles. The minimum Gasteiger partial charge on any atom is -0.461 e. The van der Waals surface area contributed by atoms with Crippen LogP contribution >= 0.6 is 0 Å². The number of aromatic nitrogens is 2. The van der Waals surface area contributed by atoms with Gasteiger partial charge in [0, 0.05) is 18.7 Å². The van der Waals surface area contributed by atoms with E-state index in [1.54, 1.807) is 18.4 Å². The number of nitrogens with one attached hydrogen (secondary N) is 1. The summed E-state index contributed by atoms with van der Waals surface area (Å²) in [5, 5.41) is 21.0. The number of nitro groups is 2. The van der Waals surface area contributed by atoms with Crippen molar-refractivity contribution in [1.29, 1.82) is 0 Å². The average Bonchev–Trinajstić information content (AvgIpc) is 3.35. The number of nitrogens with zero attached hydrogens (tertiary/aromatic N) is 3. The van der Waals surface area contributed by atoms with Crippen molar-refractivity contribution >= 4 is 23.3 Å². The number of ether oxygens (including phenoxy) is 2. The van der Waals surface area contributed by atoms with Crippen LogP contribution in [0.4, 0.5) is 11.4 Å². The van der Waals surface area contributed by atoms with Gasteiger partial charge in [-0.2, -0.15) is 0 Å². The van der Waals surface area contributed by atoms with E-state index in [9.17, 15) is 29.8 Å². The zero-order valence-electron chi connectivity index (χ0n) is 17.8. The van der Waals surface area contributed by atoms with Crippen molar-refractivity contribution in [2.75, 3.05) is 13.2 Å². The summed E-state index contributed by atoms with van der Waals surface area (Å²) in [6.45, 7) is 8.54. The van der Waals surface area contributed by atoms with Crippen molar-refractivity contribution in [1.82, 2.24) is 9.55 Å². The summed E-state index contributed by atoms with van der Waals surface area (Å²) in [6.07, 6.45) is 3.37. The lowest BCUT2D eigenvalue weighted by molar-refractivity contribution is -0.385. The number of aryl methyl sites for hydroxylation is 1. The van der Waals surface area contributed by atoms with Crippen molar-refractivity contribution in [3.8, 4) is 0 Å². The number of rotatable bonds is 9. The molecule has 12 heteroatoms. The van der Waals surface area contributed by atoms with Gasteiger partial charge in [-0.1, -0.05) is 13.8 Å². The Balaban J connectivity index is 0.000000327. The number of H-pyrrole nitrogens is 1. The van der Waals surface area contributed by atoms with Gasteiger partial charge >= 0.3 is 11.9 Å². The Morgan fingerprint density at radius 3 is 2.10 bits per heavy atom. The molecule has 0 radical (unpaired) electrons. The molecule has 31 heavy (non-hydrogen) atoms. The molecule has 0 aliphatic rings. The van der Waals surface area contributed by atoms with E-state index in [-0.39, 0.29) is 36.0 Å². The predicted octanol–water partition coefficient (Wildman–Crippen LogP) is 3.72. The standard InChI is InChI=1S/C12H18N2O4.C7H8N2O4/c1-4-18-12(15)11-7-10(14(16)17)8-13(11)6-5-9(2)3;1-2-13-7(10)6-3-5(4-8-6)9(11)12/h7-9H,4-6H2,1-3H3;3-4,8H,2H2,1H3. The molecule has 2 aromatic rings. The Hall–Kier alpha value is -3.70. The minimum atomic E-state index is -0.587. The Morgan fingerprint density at radius 2 is 1.61 bits per heavy atom. The Kier molecular flexibility index (Phi) is 9.89. The van der Waals surface area contributed by atoms with Crippen LogP contribution in [0.15, 0.2) is 24.5 Å². The van der Waals surface area contributed by atoms with Crippen molar-refractivity contribution in [2.45, 2.75) is 40.7 Å². The van der Waals surface area contributed by atoms with E-state index in [1.807, 2.05) is 0 Å². The second kappa shape index (κ2) is 12.1. The molecule has 0 saturated heterocycles. The monoisotopic (exact) mass is 438 g/mol. The zero-order valence-corrected chi connectivity index (χ0v) is 17.8. The first-order valence-electron chi connectivity index (χ1n) is 9.62. The average molecular weight is 438 g/mol. The number of aromatic amines is 1. The summed E-state index contributed by atoms with van der Waals surface area (Å²) in [7, 11) is 0. The Bertz CT molecular complexity index is 916. The van der Waals surface area contributed by atoms with E-state index >= 15 is 0 Å². The van der Waals surface area contributed by atoms with E-state index in [1.165, 1.54) is 12.3 Å². The van der Waals surface area contributed by atoms with Crippen LogP contribution in [0.3, 0.4) is 0 Å². The molecule has 2 rings (SSSR count). The number of hydrogen-bond acceptors (Lipinski definition) is 8. The summed E-state index contributed by atoms with van der Waals surface area (Å²) in [5.74, 6) is -0.647. The topological polar surface area (TPSA) is 160 Å². The number of hydrogen-bond donors (Lipinski definition) is 1. The van der Waals surface area contributed by atoms with Gasteiger partial charge in [-0.15, -0.1) is 0 Å². The first-order valence-corrected chi connectivity index (χ1v) is 9.62. The van der Waals surface area contributed by atoms with Crippen LogP contribution in [0, 0.1) is 26.1 Å². The van der Waals surface area contributed by atoms with Gasteiger partial charge in [0.2, 0.25) is 0 Å². The van der Waals surface area contributed by atoms with E-state index in [4.69, 9.17) is 4.74 Å². The highest BCUT2D eigenvalue weighted by atomic mass is 16.6. The fourth-order valence-corrected chi connectivity index (χ4v) is 2.37. The van der Waals surface area contributed by atoms with Gasteiger partial charge in [0.1, 0.15) is 11.4 Å². The van der Waals surface area contributed by atoms with Crippen LogP contribution < -0.4 is 0 Å². The second-order valence-corrected chi connectivity index (χ2v) is 6.69. The quantitative estimate of drug-likeness (QED) is 0.352. The summed E-state index contributed by atoms with van der Waals surface area (Å²) in [5.41, 5.74) is 0.0996. The summed E-state index contributed by atoms with van der Waals surface area (Å²) < 4.78 is 11.1. The highest BCUT2D eigenvalue weighted by Gasteiger charge is 2.20. The largest absolute Gasteiger partial charge is 0.461 e. The van der Waals surface area contributed by atoms with Crippen LogP contribution in [0.5, 0.6) is 0 Å². The van der Waals surface area contributed by atoms with Crippen LogP contribution in [0.1, 0.15) is 55.1 Å². The minimum absolute atomic E-state index is 0.0817. The lowest BCUT2D eigenvalue weighted by atomic mass is 10.1. The highest BCUT2D eigenvalue weighted by Crippen LogP contribution is 2.19. The molecule has 0 atom stereocenters. The zero-order chi connectivity index (χ0) is 23.6. The molecule has 1 N–H and O–H groups in total. The molecular formula is C19H26N4O8. The normalized spacial score (nSPS) is 10.2. The summed E-state index contributed by atoms with van der Waals surface area (Å²) >= 11 is 0. The molecule has 170 valence electrons. The lowest BCUT2D eigenvalue weighted by Crippen LogP contribution is -2.12. The molecule has 2 aromatic heterocycles. The molecule has 12 nitrogen and oxygen atoms in total. The van der Waals surface area contributed by atoms with Crippen molar-refractivity contribution in [2.24, 2.45) is 5.92 Å². The summed E-state index contributed by atoms with van der Waals surface area (Å²) in [6, 6.07) is 2.40. The molecule has 0 saturated carbocycles. The number of esters is 2. The molecular weight excluding hydrogens is 412 g/mol. The number of carbonyl (C=O) groups is 2. The van der Waals surface area contributed by atoms with Crippen LogP contribution in [-0.2, 0) is 16.0 Å². The van der Waals surface area contributed by atoms with Crippen molar-refractivity contribution < 1.29 is 28.9 Å². The third-order valence-electron chi connectivity index (χ3n) is 3.90. The van der Waals surface area contributed by atoms with Gasteiger partial charge < -0.3 is 19.0 Å². The first kappa shape index (κ1) is 25.3. The molecule has 0 bridgehead atoms. The van der Waals surface area contributed by atoms with E-state index in [2.05, 4.69) is 23.6 Å². The van der Waals surface area contributed by atoms with Crippen LogP contribution in [-0.4, -0.2) is 44.6 Å². The van der Waals surface area contributed by atoms with Gasteiger partial charge in [0.05, 0.1) is 35.5 Å². The van der Waals surface area contributed by atoms with E-state index in [0.717, 1.165) is 18.7 Å². The third-order valence-corrected chi connectivity index (χ3v) is 3.90. The van der Waals surface area contributed by atoms with Crippen molar-refractivity contribution in [3.05, 3.63) is 56.1 Å². The molecule has 0 aliphatic heterocycles.